The Bertz CT molecular complexity index is 1130. The highest BCUT2D eigenvalue weighted by atomic mass is 32.2. The SMILES string of the molecule is CCN(C(=O)CSc1nnc(Cc2cccs2)n1-c1ccccc1)c1ccc(F)cc1. The van der Waals surface area contributed by atoms with Crippen LogP contribution in [0.4, 0.5) is 10.1 Å². The number of carbonyl (C=O) groups is 1. The third kappa shape index (κ3) is 5.03. The second-order valence-electron chi connectivity index (χ2n) is 6.73. The lowest BCUT2D eigenvalue weighted by Gasteiger charge is -2.20. The van der Waals surface area contributed by atoms with Crippen molar-refractivity contribution >= 4 is 34.7 Å². The van der Waals surface area contributed by atoms with Crippen LogP contribution in [0.25, 0.3) is 5.69 Å². The molecule has 2 aromatic heterocycles. The van der Waals surface area contributed by atoms with Gasteiger partial charge in [-0.05, 0) is 54.8 Å². The fourth-order valence-electron chi connectivity index (χ4n) is 3.24. The zero-order chi connectivity index (χ0) is 21.6. The molecule has 0 N–H and O–H groups in total. The quantitative estimate of drug-likeness (QED) is 0.345. The first-order valence-corrected chi connectivity index (χ1v) is 11.7. The van der Waals surface area contributed by atoms with Crippen LogP contribution in [0.5, 0.6) is 0 Å². The molecule has 0 aliphatic carbocycles. The van der Waals surface area contributed by atoms with Crippen molar-refractivity contribution < 1.29 is 9.18 Å². The molecule has 0 spiro atoms. The van der Waals surface area contributed by atoms with Crippen LogP contribution in [0.1, 0.15) is 17.6 Å². The highest BCUT2D eigenvalue weighted by Crippen LogP contribution is 2.25. The number of para-hydroxylation sites is 1. The number of hydrogen-bond donors (Lipinski definition) is 0. The van der Waals surface area contributed by atoms with Gasteiger partial charge in [-0.1, -0.05) is 36.0 Å². The number of thiophene rings is 1. The van der Waals surface area contributed by atoms with E-state index in [0.717, 1.165) is 11.5 Å². The van der Waals surface area contributed by atoms with E-state index in [1.165, 1.54) is 28.8 Å². The normalized spacial score (nSPS) is 10.9. The van der Waals surface area contributed by atoms with E-state index in [-0.39, 0.29) is 17.5 Å². The minimum absolute atomic E-state index is 0.0680. The molecule has 0 fully saturated rings. The van der Waals surface area contributed by atoms with E-state index in [4.69, 9.17) is 0 Å². The van der Waals surface area contributed by atoms with Gasteiger partial charge in [0.15, 0.2) is 5.16 Å². The van der Waals surface area contributed by atoms with E-state index in [9.17, 15) is 9.18 Å². The molecule has 1 amide bonds. The molecule has 5 nitrogen and oxygen atoms in total. The van der Waals surface area contributed by atoms with Gasteiger partial charge < -0.3 is 4.90 Å². The Morgan fingerprint density at radius 3 is 2.52 bits per heavy atom. The van der Waals surface area contributed by atoms with Gasteiger partial charge >= 0.3 is 0 Å². The van der Waals surface area contributed by atoms with Crippen LogP contribution in [0, 0.1) is 5.82 Å². The maximum absolute atomic E-state index is 13.2. The van der Waals surface area contributed by atoms with E-state index in [1.54, 1.807) is 28.4 Å². The largest absolute Gasteiger partial charge is 0.312 e. The average molecular weight is 453 g/mol. The van der Waals surface area contributed by atoms with Crippen LogP contribution in [-0.2, 0) is 11.2 Å². The van der Waals surface area contributed by atoms with Crippen molar-refractivity contribution in [1.29, 1.82) is 0 Å². The molecule has 158 valence electrons. The molecule has 4 aromatic rings. The van der Waals surface area contributed by atoms with Gasteiger partial charge in [0.25, 0.3) is 0 Å². The molecule has 2 heterocycles. The van der Waals surface area contributed by atoms with Crippen molar-refractivity contribution in [3.63, 3.8) is 0 Å². The van der Waals surface area contributed by atoms with Crippen LogP contribution in [-0.4, -0.2) is 33.0 Å². The van der Waals surface area contributed by atoms with Crippen LogP contribution in [0.2, 0.25) is 0 Å². The van der Waals surface area contributed by atoms with E-state index in [2.05, 4.69) is 16.3 Å². The Morgan fingerprint density at radius 2 is 1.84 bits per heavy atom. The summed E-state index contributed by atoms with van der Waals surface area (Å²) in [7, 11) is 0. The van der Waals surface area contributed by atoms with Crippen molar-refractivity contribution in [3.05, 3.63) is 88.6 Å². The molecular formula is C23H21FN4OS2. The second-order valence-corrected chi connectivity index (χ2v) is 8.70. The number of halogens is 1. The lowest BCUT2D eigenvalue weighted by molar-refractivity contribution is -0.116. The number of hydrogen-bond acceptors (Lipinski definition) is 5. The van der Waals surface area contributed by atoms with Gasteiger partial charge in [0.2, 0.25) is 5.91 Å². The number of nitrogens with zero attached hydrogens (tertiary/aromatic N) is 4. The molecule has 0 radical (unpaired) electrons. The number of benzene rings is 2. The fraction of sp³-hybridized carbons (Fsp3) is 0.174. The summed E-state index contributed by atoms with van der Waals surface area (Å²) in [5.41, 5.74) is 1.64. The number of carbonyl (C=O) groups excluding carboxylic acids is 1. The summed E-state index contributed by atoms with van der Waals surface area (Å²) in [4.78, 5) is 15.7. The highest BCUT2D eigenvalue weighted by molar-refractivity contribution is 7.99. The monoisotopic (exact) mass is 452 g/mol. The summed E-state index contributed by atoms with van der Waals surface area (Å²) in [6.07, 6.45) is 0.671. The predicted octanol–water partition coefficient (Wildman–Crippen LogP) is 5.20. The van der Waals surface area contributed by atoms with Gasteiger partial charge in [-0.15, -0.1) is 21.5 Å². The molecule has 0 aliphatic rings. The van der Waals surface area contributed by atoms with E-state index in [0.29, 0.717) is 23.8 Å². The summed E-state index contributed by atoms with van der Waals surface area (Å²) in [5.74, 6) is 0.640. The van der Waals surface area contributed by atoms with Gasteiger partial charge in [0.05, 0.1) is 5.75 Å². The zero-order valence-electron chi connectivity index (χ0n) is 16.9. The first-order chi connectivity index (χ1) is 15.2. The van der Waals surface area contributed by atoms with Gasteiger partial charge in [0.1, 0.15) is 11.6 Å². The van der Waals surface area contributed by atoms with E-state index < -0.39 is 0 Å². The highest BCUT2D eigenvalue weighted by Gasteiger charge is 2.19. The Morgan fingerprint density at radius 1 is 1.06 bits per heavy atom. The molecule has 0 bridgehead atoms. The molecule has 31 heavy (non-hydrogen) atoms. The third-order valence-electron chi connectivity index (χ3n) is 4.71. The first-order valence-electron chi connectivity index (χ1n) is 9.86. The molecular weight excluding hydrogens is 431 g/mol. The van der Waals surface area contributed by atoms with Crippen molar-refractivity contribution in [1.82, 2.24) is 14.8 Å². The fourth-order valence-corrected chi connectivity index (χ4v) is 4.79. The smallest absolute Gasteiger partial charge is 0.237 e. The summed E-state index contributed by atoms with van der Waals surface area (Å²) >= 11 is 3.03. The second kappa shape index (κ2) is 9.89. The van der Waals surface area contributed by atoms with Crippen LogP contribution < -0.4 is 4.90 Å². The molecule has 0 saturated heterocycles. The summed E-state index contributed by atoms with van der Waals surface area (Å²) in [6.45, 7) is 2.40. The first kappa shape index (κ1) is 21.3. The summed E-state index contributed by atoms with van der Waals surface area (Å²) in [6, 6.07) is 20.0. The topological polar surface area (TPSA) is 51.0 Å². The molecule has 0 aliphatic heterocycles. The molecule has 8 heteroatoms. The summed E-state index contributed by atoms with van der Waals surface area (Å²) in [5, 5.41) is 11.5. The maximum atomic E-state index is 13.2. The average Bonchev–Trinajstić information content (AvgIpc) is 3.45. The van der Waals surface area contributed by atoms with Gasteiger partial charge in [-0.3, -0.25) is 9.36 Å². The number of anilines is 1. The number of rotatable bonds is 8. The minimum Gasteiger partial charge on any atom is -0.312 e. The summed E-state index contributed by atoms with van der Waals surface area (Å²) < 4.78 is 15.2. The van der Waals surface area contributed by atoms with Gasteiger partial charge in [-0.2, -0.15) is 0 Å². The molecule has 2 aromatic carbocycles. The van der Waals surface area contributed by atoms with E-state index in [1.807, 2.05) is 53.3 Å². The number of aromatic nitrogens is 3. The Kier molecular flexibility index (Phi) is 6.79. The molecule has 4 rings (SSSR count). The zero-order valence-corrected chi connectivity index (χ0v) is 18.6. The molecule has 0 atom stereocenters. The van der Waals surface area contributed by atoms with Gasteiger partial charge in [0, 0.05) is 29.2 Å². The van der Waals surface area contributed by atoms with Crippen molar-refractivity contribution in [3.8, 4) is 5.69 Å². The molecule has 0 saturated carbocycles. The standard InChI is InChI=1S/C23H21FN4OS2/c1-2-27(18-12-10-17(24)11-13-18)22(29)16-31-23-26-25-21(15-20-9-6-14-30-20)28(23)19-7-4-3-5-8-19/h3-14H,2,15-16H2,1H3. The van der Waals surface area contributed by atoms with Crippen molar-refractivity contribution in [2.75, 3.05) is 17.2 Å². The van der Waals surface area contributed by atoms with Crippen molar-refractivity contribution in [2.24, 2.45) is 0 Å². The van der Waals surface area contributed by atoms with Crippen molar-refractivity contribution in [2.45, 2.75) is 18.5 Å². The predicted molar refractivity (Wildman–Crippen MR) is 124 cm³/mol. The van der Waals surface area contributed by atoms with Crippen LogP contribution in [0.3, 0.4) is 0 Å². The Balaban J connectivity index is 1.55. The van der Waals surface area contributed by atoms with E-state index >= 15 is 0 Å². The van der Waals surface area contributed by atoms with Gasteiger partial charge in [-0.25, -0.2) is 4.39 Å². The number of thioether (sulfide) groups is 1. The van der Waals surface area contributed by atoms with Crippen LogP contribution >= 0.6 is 23.1 Å². The minimum atomic E-state index is -0.323. The lowest BCUT2D eigenvalue weighted by Crippen LogP contribution is -2.32. The maximum Gasteiger partial charge on any atom is 0.237 e. The lowest BCUT2D eigenvalue weighted by atomic mass is 10.3. The third-order valence-corrected chi connectivity index (χ3v) is 6.50. The Labute approximate surface area is 188 Å². The molecule has 0 unspecified atom stereocenters. The van der Waals surface area contributed by atoms with Crippen LogP contribution in [0.15, 0.2) is 77.3 Å². The number of amides is 1. The Hall–Kier alpha value is -2.97.